The Bertz CT molecular complexity index is 700. The summed E-state index contributed by atoms with van der Waals surface area (Å²) in [6.45, 7) is 0. The minimum absolute atomic E-state index is 0.108. The van der Waals surface area contributed by atoms with Crippen LogP contribution in [0.25, 0.3) is 21.9 Å². The molecule has 0 saturated heterocycles. The molecule has 0 aliphatic rings. The van der Waals surface area contributed by atoms with E-state index in [1.165, 1.54) is 6.26 Å². The molecule has 15 heavy (non-hydrogen) atoms. The molecule has 0 unspecified atom stereocenters. The van der Waals surface area contributed by atoms with Gasteiger partial charge in [-0.3, -0.25) is 9.78 Å². The molecule has 3 rings (SSSR count). The smallest absolute Gasteiger partial charge is 0.230 e. The first kappa shape index (κ1) is 8.17. The molecule has 0 aliphatic carbocycles. The summed E-state index contributed by atoms with van der Waals surface area (Å²) in [5.41, 5.74) is 0.968. The second-order valence-corrected chi connectivity index (χ2v) is 3.30. The van der Waals surface area contributed by atoms with Gasteiger partial charge in [-0.25, -0.2) is 0 Å². The summed E-state index contributed by atoms with van der Waals surface area (Å²) in [6, 6.07) is 8.95. The van der Waals surface area contributed by atoms with Gasteiger partial charge in [0.05, 0.1) is 17.2 Å². The third-order valence-corrected chi connectivity index (χ3v) is 2.41. The lowest BCUT2D eigenvalue weighted by molar-refractivity contribution is 0.614. The van der Waals surface area contributed by atoms with Crippen molar-refractivity contribution in [1.29, 1.82) is 0 Å². The SMILES string of the molecule is O=c1c2cccnc2ccc2ccoc12. The van der Waals surface area contributed by atoms with Crippen LogP contribution in [-0.4, -0.2) is 4.98 Å². The van der Waals surface area contributed by atoms with E-state index in [-0.39, 0.29) is 5.43 Å². The molecule has 2 aromatic heterocycles. The molecule has 0 N–H and O–H groups in total. The fraction of sp³-hybridized carbons (Fsp3) is 0. The second kappa shape index (κ2) is 2.92. The van der Waals surface area contributed by atoms with Crippen LogP contribution in [0.1, 0.15) is 0 Å². The predicted molar refractivity (Wildman–Crippen MR) is 57.8 cm³/mol. The highest BCUT2D eigenvalue weighted by Gasteiger charge is 2.04. The quantitative estimate of drug-likeness (QED) is 0.555. The Balaban J connectivity index is 2.71. The first-order valence-electron chi connectivity index (χ1n) is 4.61. The van der Waals surface area contributed by atoms with E-state index >= 15 is 0 Å². The molecular weight excluding hydrogens is 190 g/mol. The van der Waals surface area contributed by atoms with Gasteiger partial charge in [0.2, 0.25) is 5.43 Å². The normalized spacial score (nSPS) is 10.9. The van der Waals surface area contributed by atoms with Crippen LogP contribution in [0, 0.1) is 0 Å². The fourth-order valence-electron chi connectivity index (χ4n) is 1.67. The first-order valence-corrected chi connectivity index (χ1v) is 4.61. The Morgan fingerprint density at radius 2 is 2.07 bits per heavy atom. The summed E-state index contributed by atoms with van der Waals surface area (Å²) in [5, 5.41) is 1.39. The Kier molecular flexibility index (Phi) is 1.59. The highest BCUT2D eigenvalue weighted by molar-refractivity contribution is 5.88. The minimum Gasteiger partial charge on any atom is -0.460 e. The van der Waals surface area contributed by atoms with Crippen molar-refractivity contribution in [3.05, 3.63) is 53.0 Å². The number of aromatic nitrogens is 1. The van der Waals surface area contributed by atoms with E-state index in [9.17, 15) is 4.79 Å². The lowest BCUT2D eigenvalue weighted by atomic mass is 10.3. The van der Waals surface area contributed by atoms with Crippen molar-refractivity contribution in [3.63, 3.8) is 0 Å². The summed E-state index contributed by atoms with van der Waals surface area (Å²) in [6.07, 6.45) is 3.19. The molecule has 3 nitrogen and oxygen atoms in total. The van der Waals surface area contributed by atoms with E-state index < -0.39 is 0 Å². The van der Waals surface area contributed by atoms with Crippen molar-refractivity contribution < 1.29 is 4.42 Å². The standard InChI is InChI=1S/C12H7NO2/c14-11-9-2-1-6-13-10(9)4-3-8-5-7-15-12(8)11/h1-7H. The number of furan rings is 1. The maximum absolute atomic E-state index is 12.0. The molecular formula is C12H7NO2. The van der Waals surface area contributed by atoms with Crippen molar-refractivity contribution in [1.82, 2.24) is 4.98 Å². The van der Waals surface area contributed by atoms with Crippen LogP contribution >= 0.6 is 0 Å². The molecule has 0 atom stereocenters. The van der Waals surface area contributed by atoms with Gasteiger partial charge in [0, 0.05) is 11.6 Å². The first-order chi connectivity index (χ1) is 7.36. The van der Waals surface area contributed by atoms with Crippen LogP contribution in [0.4, 0.5) is 0 Å². The van der Waals surface area contributed by atoms with Crippen LogP contribution in [-0.2, 0) is 0 Å². The maximum atomic E-state index is 12.0. The van der Waals surface area contributed by atoms with Gasteiger partial charge in [0.15, 0.2) is 5.58 Å². The number of hydrogen-bond donors (Lipinski definition) is 0. The average molecular weight is 197 g/mol. The molecule has 0 fully saturated rings. The van der Waals surface area contributed by atoms with Crippen molar-refractivity contribution in [2.45, 2.75) is 0 Å². The van der Waals surface area contributed by atoms with E-state index in [1.54, 1.807) is 24.4 Å². The Morgan fingerprint density at radius 3 is 3.00 bits per heavy atom. The van der Waals surface area contributed by atoms with E-state index in [0.717, 1.165) is 5.39 Å². The summed E-state index contributed by atoms with van der Waals surface area (Å²) < 4.78 is 5.18. The van der Waals surface area contributed by atoms with Gasteiger partial charge in [0.25, 0.3) is 0 Å². The number of nitrogens with zero attached hydrogens (tertiary/aromatic N) is 1. The largest absolute Gasteiger partial charge is 0.460 e. The highest BCUT2D eigenvalue weighted by Crippen LogP contribution is 2.13. The zero-order valence-corrected chi connectivity index (χ0v) is 7.81. The molecule has 0 spiro atoms. The molecule has 72 valence electrons. The third-order valence-electron chi connectivity index (χ3n) is 2.41. The van der Waals surface area contributed by atoms with Crippen LogP contribution in [0.5, 0.6) is 0 Å². The lowest BCUT2D eigenvalue weighted by Crippen LogP contribution is -1.96. The molecule has 1 aromatic carbocycles. The predicted octanol–water partition coefficient (Wildman–Crippen LogP) is 2.34. The van der Waals surface area contributed by atoms with E-state index in [1.807, 2.05) is 12.1 Å². The number of hydrogen-bond acceptors (Lipinski definition) is 3. The van der Waals surface area contributed by atoms with Gasteiger partial charge in [0.1, 0.15) is 0 Å². The molecule has 0 bridgehead atoms. The van der Waals surface area contributed by atoms with Crippen molar-refractivity contribution in [2.24, 2.45) is 0 Å². The molecule has 0 saturated carbocycles. The molecule has 0 amide bonds. The van der Waals surface area contributed by atoms with Gasteiger partial charge in [-0.15, -0.1) is 0 Å². The van der Waals surface area contributed by atoms with Crippen molar-refractivity contribution in [2.75, 3.05) is 0 Å². The molecule has 3 heteroatoms. The molecule has 3 aromatic rings. The van der Waals surface area contributed by atoms with E-state index in [4.69, 9.17) is 4.42 Å². The zero-order valence-electron chi connectivity index (χ0n) is 7.81. The zero-order chi connectivity index (χ0) is 10.3. The summed E-state index contributed by atoms with van der Waals surface area (Å²) in [5.74, 6) is 0. The van der Waals surface area contributed by atoms with Crippen LogP contribution in [0.3, 0.4) is 0 Å². The highest BCUT2D eigenvalue weighted by atomic mass is 16.3. The van der Waals surface area contributed by atoms with Gasteiger partial charge in [-0.1, -0.05) is 0 Å². The third kappa shape index (κ3) is 1.13. The number of fused-ring (bicyclic) bond motifs is 2. The minimum atomic E-state index is -0.108. The van der Waals surface area contributed by atoms with Crippen LogP contribution in [0.15, 0.2) is 52.0 Å². The Morgan fingerprint density at radius 1 is 1.13 bits per heavy atom. The fourth-order valence-corrected chi connectivity index (χ4v) is 1.67. The maximum Gasteiger partial charge on any atom is 0.230 e. The van der Waals surface area contributed by atoms with Crippen molar-refractivity contribution >= 4 is 21.9 Å². The van der Waals surface area contributed by atoms with E-state index in [0.29, 0.717) is 16.5 Å². The Hall–Kier alpha value is -2.16. The van der Waals surface area contributed by atoms with Crippen LogP contribution < -0.4 is 5.43 Å². The van der Waals surface area contributed by atoms with E-state index in [2.05, 4.69) is 4.98 Å². The van der Waals surface area contributed by atoms with Gasteiger partial charge >= 0.3 is 0 Å². The summed E-state index contributed by atoms with van der Waals surface area (Å²) in [4.78, 5) is 16.2. The van der Waals surface area contributed by atoms with Gasteiger partial charge in [-0.2, -0.15) is 0 Å². The topological polar surface area (TPSA) is 43.1 Å². The molecule has 0 radical (unpaired) electrons. The average Bonchev–Trinajstić information content (AvgIpc) is 2.69. The second-order valence-electron chi connectivity index (χ2n) is 3.30. The Labute approximate surface area is 85.0 Å². The molecule has 2 heterocycles. The van der Waals surface area contributed by atoms with Gasteiger partial charge < -0.3 is 4.42 Å². The number of pyridine rings is 1. The number of rotatable bonds is 0. The van der Waals surface area contributed by atoms with Crippen LogP contribution in [0.2, 0.25) is 0 Å². The molecule has 0 aliphatic heterocycles. The summed E-state index contributed by atoms with van der Waals surface area (Å²) >= 11 is 0. The lowest BCUT2D eigenvalue weighted by Gasteiger charge is -1.86. The monoisotopic (exact) mass is 197 g/mol. The summed E-state index contributed by atoms with van der Waals surface area (Å²) in [7, 11) is 0. The van der Waals surface area contributed by atoms with Crippen molar-refractivity contribution in [3.8, 4) is 0 Å². The van der Waals surface area contributed by atoms with Gasteiger partial charge in [-0.05, 0) is 30.3 Å².